The molecule has 2 aromatic heterocycles. The van der Waals surface area contributed by atoms with Gasteiger partial charge in [0.1, 0.15) is 5.82 Å². The van der Waals surface area contributed by atoms with Gasteiger partial charge >= 0.3 is 0 Å². The van der Waals surface area contributed by atoms with E-state index >= 15 is 0 Å². The van der Waals surface area contributed by atoms with E-state index < -0.39 is 5.54 Å². The number of pyridine rings is 1. The molecule has 2 aromatic rings. The van der Waals surface area contributed by atoms with E-state index in [1.165, 1.54) is 11.3 Å². The molecule has 0 radical (unpaired) electrons. The molecule has 0 aromatic carbocycles. The average Bonchev–Trinajstić information content (AvgIpc) is 3.25. The van der Waals surface area contributed by atoms with Crippen molar-refractivity contribution in [2.45, 2.75) is 24.9 Å². The van der Waals surface area contributed by atoms with E-state index in [1.807, 2.05) is 23.7 Å². The molecular weight excluding hydrogens is 336 g/mol. The predicted octanol–water partition coefficient (Wildman–Crippen LogP) is 1.29. The Balaban J connectivity index is 1.28. The number of piperazine rings is 1. The summed E-state index contributed by atoms with van der Waals surface area (Å²) in [6.07, 6.45) is 3.36. The molecule has 1 amide bonds. The number of anilines is 2. The smallest absolute Gasteiger partial charge is 0.246 e. The number of nitrogens with zero attached hydrogens (tertiary/aromatic N) is 4. The lowest BCUT2D eigenvalue weighted by molar-refractivity contribution is -0.118. The number of thiazole rings is 1. The van der Waals surface area contributed by atoms with Gasteiger partial charge in [0, 0.05) is 44.3 Å². The first-order chi connectivity index (χ1) is 12.1. The third-order valence-corrected chi connectivity index (χ3v) is 5.55. The third-order valence-electron chi connectivity index (χ3n) is 4.74. The van der Waals surface area contributed by atoms with Gasteiger partial charge in [0.15, 0.2) is 5.13 Å². The fraction of sp³-hybridized carbons (Fsp3) is 0.471. The summed E-state index contributed by atoms with van der Waals surface area (Å²) in [5.41, 5.74) is 6.24. The fourth-order valence-electron chi connectivity index (χ4n) is 2.93. The molecule has 132 valence electrons. The highest BCUT2D eigenvalue weighted by Gasteiger charge is 2.46. The van der Waals surface area contributed by atoms with Crippen molar-refractivity contribution in [3.05, 3.63) is 35.5 Å². The van der Waals surface area contributed by atoms with Gasteiger partial charge in [-0.3, -0.25) is 9.69 Å². The number of carbonyl (C=O) groups is 1. The SMILES string of the molecule is NC1(C(=O)Nc2nc(CN3CCN(c4ccccn4)CC3)cs2)CC1. The van der Waals surface area contributed by atoms with Gasteiger partial charge in [-0.1, -0.05) is 6.07 Å². The molecule has 2 fully saturated rings. The minimum atomic E-state index is -0.659. The molecule has 25 heavy (non-hydrogen) atoms. The van der Waals surface area contributed by atoms with E-state index in [1.54, 1.807) is 0 Å². The molecule has 1 saturated heterocycles. The first kappa shape index (κ1) is 16.4. The van der Waals surface area contributed by atoms with Crippen LogP contribution >= 0.6 is 11.3 Å². The predicted molar refractivity (Wildman–Crippen MR) is 98.6 cm³/mol. The summed E-state index contributed by atoms with van der Waals surface area (Å²) in [6, 6.07) is 6.01. The summed E-state index contributed by atoms with van der Waals surface area (Å²) < 4.78 is 0. The Hall–Kier alpha value is -2.03. The van der Waals surface area contributed by atoms with Gasteiger partial charge in [-0.15, -0.1) is 11.3 Å². The van der Waals surface area contributed by atoms with Crippen LogP contribution in [0.25, 0.3) is 0 Å². The summed E-state index contributed by atoms with van der Waals surface area (Å²) in [5, 5.41) is 5.49. The number of nitrogens with one attached hydrogen (secondary N) is 1. The highest BCUT2D eigenvalue weighted by atomic mass is 32.1. The summed E-state index contributed by atoms with van der Waals surface area (Å²) in [4.78, 5) is 25.6. The molecule has 3 heterocycles. The van der Waals surface area contributed by atoms with E-state index in [-0.39, 0.29) is 5.91 Å². The largest absolute Gasteiger partial charge is 0.354 e. The standard InChI is InChI=1S/C17H22N6OS/c18-17(4-5-17)15(24)21-16-20-13(12-25-16)11-22-7-9-23(10-8-22)14-3-1-2-6-19-14/h1-3,6,12H,4-5,7-11,18H2,(H,20,21,24). The van der Waals surface area contributed by atoms with Gasteiger partial charge in [-0.2, -0.15) is 0 Å². The number of nitrogens with two attached hydrogens (primary N) is 1. The summed E-state index contributed by atoms with van der Waals surface area (Å²) in [6.45, 7) is 4.67. The Kier molecular flexibility index (Phi) is 4.41. The van der Waals surface area contributed by atoms with Crippen molar-refractivity contribution in [3.63, 3.8) is 0 Å². The Morgan fingerprint density at radius 3 is 2.76 bits per heavy atom. The molecule has 1 saturated carbocycles. The first-order valence-electron chi connectivity index (χ1n) is 8.55. The topological polar surface area (TPSA) is 87.4 Å². The first-order valence-corrected chi connectivity index (χ1v) is 9.43. The van der Waals surface area contributed by atoms with Crippen LogP contribution in [-0.4, -0.2) is 52.5 Å². The lowest BCUT2D eigenvalue weighted by Gasteiger charge is -2.35. The Labute approximate surface area is 150 Å². The number of hydrogen-bond donors (Lipinski definition) is 2. The zero-order chi connectivity index (χ0) is 17.3. The zero-order valence-electron chi connectivity index (χ0n) is 14.0. The van der Waals surface area contributed by atoms with Crippen molar-refractivity contribution in [3.8, 4) is 0 Å². The number of rotatable bonds is 5. The van der Waals surface area contributed by atoms with Gasteiger partial charge in [0.05, 0.1) is 11.2 Å². The van der Waals surface area contributed by atoms with Gasteiger partial charge in [0.2, 0.25) is 5.91 Å². The summed E-state index contributed by atoms with van der Waals surface area (Å²) >= 11 is 1.46. The number of hydrogen-bond acceptors (Lipinski definition) is 7. The minimum absolute atomic E-state index is 0.114. The van der Waals surface area contributed by atoms with Gasteiger partial charge < -0.3 is 16.0 Å². The van der Waals surface area contributed by atoms with Gasteiger partial charge in [-0.25, -0.2) is 9.97 Å². The zero-order valence-corrected chi connectivity index (χ0v) is 14.8. The second-order valence-corrected chi connectivity index (χ2v) is 7.56. The van der Waals surface area contributed by atoms with E-state index in [4.69, 9.17) is 5.73 Å². The molecule has 0 bridgehead atoms. The molecule has 1 aliphatic heterocycles. The molecule has 1 aliphatic carbocycles. The minimum Gasteiger partial charge on any atom is -0.354 e. The van der Waals surface area contributed by atoms with E-state index in [0.29, 0.717) is 5.13 Å². The van der Waals surface area contributed by atoms with Crippen LogP contribution in [-0.2, 0) is 11.3 Å². The van der Waals surface area contributed by atoms with Crippen LogP contribution in [0.15, 0.2) is 29.8 Å². The van der Waals surface area contributed by atoms with Crippen LogP contribution in [0.4, 0.5) is 10.9 Å². The molecular formula is C17H22N6OS. The van der Waals surface area contributed by atoms with Crippen LogP contribution < -0.4 is 16.0 Å². The van der Waals surface area contributed by atoms with Crippen LogP contribution in [0.3, 0.4) is 0 Å². The van der Waals surface area contributed by atoms with E-state index in [2.05, 4.69) is 31.2 Å². The second kappa shape index (κ2) is 6.70. The van der Waals surface area contributed by atoms with Crippen molar-refractivity contribution in [2.75, 3.05) is 36.4 Å². The number of aromatic nitrogens is 2. The van der Waals surface area contributed by atoms with Crippen LogP contribution in [0.5, 0.6) is 0 Å². The molecule has 3 N–H and O–H groups in total. The van der Waals surface area contributed by atoms with Crippen molar-refractivity contribution in [2.24, 2.45) is 5.73 Å². The van der Waals surface area contributed by atoms with Gasteiger partial charge in [0.25, 0.3) is 0 Å². The highest BCUT2D eigenvalue weighted by molar-refractivity contribution is 7.13. The van der Waals surface area contributed by atoms with E-state index in [9.17, 15) is 4.79 Å². The molecule has 0 atom stereocenters. The summed E-state index contributed by atoms with van der Waals surface area (Å²) in [7, 11) is 0. The van der Waals surface area contributed by atoms with Crippen LogP contribution in [0.2, 0.25) is 0 Å². The molecule has 0 spiro atoms. The third kappa shape index (κ3) is 3.81. The maximum atomic E-state index is 12.0. The normalized spacial score (nSPS) is 19.6. The molecule has 4 rings (SSSR count). The van der Waals surface area contributed by atoms with Crippen LogP contribution in [0.1, 0.15) is 18.5 Å². The monoisotopic (exact) mass is 358 g/mol. The van der Waals surface area contributed by atoms with Crippen molar-refractivity contribution >= 4 is 28.2 Å². The lowest BCUT2D eigenvalue weighted by Crippen LogP contribution is -2.46. The average molecular weight is 358 g/mol. The Morgan fingerprint density at radius 1 is 1.28 bits per heavy atom. The molecule has 8 heteroatoms. The Bertz CT molecular complexity index is 737. The summed E-state index contributed by atoms with van der Waals surface area (Å²) in [5.74, 6) is 0.925. The maximum Gasteiger partial charge on any atom is 0.246 e. The van der Waals surface area contributed by atoms with Crippen LogP contribution in [0, 0.1) is 0 Å². The number of carbonyl (C=O) groups excluding carboxylic acids is 1. The second-order valence-electron chi connectivity index (χ2n) is 6.71. The number of amides is 1. The maximum absolute atomic E-state index is 12.0. The lowest BCUT2D eigenvalue weighted by atomic mass is 10.3. The van der Waals surface area contributed by atoms with E-state index in [0.717, 1.165) is 57.1 Å². The highest BCUT2D eigenvalue weighted by Crippen LogP contribution is 2.33. The van der Waals surface area contributed by atoms with Crippen molar-refractivity contribution < 1.29 is 4.79 Å². The van der Waals surface area contributed by atoms with Crippen molar-refractivity contribution in [1.29, 1.82) is 0 Å². The molecule has 0 unspecified atom stereocenters. The molecule has 2 aliphatic rings. The Morgan fingerprint density at radius 2 is 2.08 bits per heavy atom. The quantitative estimate of drug-likeness (QED) is 0.837. The van der Waals surface area contributed by atoms with Crippen molar-refractivity contribution in [1.82, 2.24) is 14.9 Å². The van der Waals surface area contributed by atoms with Gasteiger partial charge in [-0.05, 0) is 25.0 Å². The molecule has 7 nitrogen and oxygen atoms in total. The fourth-order valence-corrected chi connectivity index (χ4v) is 3.62.